The summed E-state index contributed by atoms with van der Waals surface area (Å²) >= 11 is 0. The molecule has 0 aliphatic carbocycles. The van der Waals surface area contributed by atoms with Crippen molar-refractivity contribution in [3.05, 3.63) is 0 Å². The molecule has 0 amide bonds. The van der Waals surface area contributed by atoms with Crippen LogP contribution in [0.15, 0.2) is 0 Å². The van der Waals surface area contributed by atoms with Crippen molar-refractivity contribution >= 4 is 14.5 Å². The Morgan fingerprint density at radius 2 is 1.89 bits per heavy atom. The van der Waals surface area contributed by atoms with E-state index in [1.807, 2.05) is 52.3 Å². The molecule has 11 nitrogen and oxygen atoms in total. The lowest BCUT2D eigenvalue weighted by Crippen LogP contribution is -2.65. The quantitative estimate of drug-likeness (QED) is 0.303. The van der Waals surface area contributed by atoms with E-state index in [1.165, 1.54) is 0 Å². The summed E-state index contributed by atoms with van der Waals surface area (Å²) in [5, 5.41) is 10.1. The number of nitrogens with zero attached hydrogens (tertiary/aromatic N) is 3. The monoisotopic (exact) mass is 407 g/mol. The molecule has 0 spiro atoms. The van der Waals surface area contributed by atoms with Crippen LogP contribution in [0.4, 0.5) is 0 Å². The Bertz CT molecular complexity index is 454. The van der Waals surface area contributed by atoms with Gasteiger partial charge in [-0.05, 0) is 48.5 Å². The average Bonchev–Trinajstić information content (AvgIpc) is 2.55. The van der Waals surface area contributed by atoms with Gasteiger partial charge in [0.2, 0.25) is 0 Å². The summed E-state index contributed by atoms with van der Waals surface area (Å²) in [6.07, 6.45) is 0.323. The Morgan fingerprint density at radius 3 is 2.37 bits per heavy atom. The number of rotatable bonds is 7. The predicted molar refractivity (Wildman–Crippen MR) is 103 cm³/mol. The minimum atomic E-state index is -1.55. The second kappa shape index (κ2) is 14.1. The van der Waals surface area contributed by atoms with Gasteiger partial charge in [-0.3, -0.25) is 0 Å². The molecule has 2 atom stereocenters. The third kappa shape index (κ3) is 10.3. The van der Waals surface area contributed by atoms with Gasteiger partial charge in [0.1, 0.15) is 6.04 Å². The highest BCUT2D eigenvalue weighted by molar-refractivity contribution is 7.43. The summed E-state index contributed by atoms with van der Waals surface area (Å²) in [5.74, 6) is -0.352. The lowest BCUT2D eigenvalue weighted by Gasteiger charge is -2.33. The molecule has 1 saturated heterocycles. The molecule has 2 unspecified atom stereocenters. The first kappa shape index (κ1) is 26.1. The van der Waals surface area contributed by atoms with Crippen LogP contribution in [0.3, 0.4) is 0 Å². The molecule has 27 heavy (non-hydrogen) atoms. The summed E-state index contributed by atoms with van der Waals surface area (Å²) in [5.41, 5.74) is 10.1. The lowest BCUT2D eigenvalue weighted by molar-refractivity contribution is -0.170. The van der Waals surface area contributed by atoms with Crippen molar-refractivity contribution in [2.45, 2.75) is 79.1 Å². The van der Waals surface area contributed by atoms with E-state index in [9.17, 15) is 9.69 Å². The van der Waals surface area contributed by atoms with Crippen LogP contribution in [0.2, 0.25) is 0 Å². The largest absolute Gasteiger partial charge is 0.353 e. The molecule has 1 heterocycles. The normalized spacial score (nSPS) is 20.0. The van der Waals surface area contributed by atoms with Crippen LogP contribution in [0.1, 0.15) is 54.9 Å². The maximum atomic E-state index is 11.2. The number of hydrazine groups is 4. The van der Waals surface area contributed by atoms with Crippen molar-refractivity contribution in [1.29, 1.82) is 5.26 Å². The van der Waals surface area contributed by atoms with Crippen molar-refractivity contribution < 1.29 is 19.0 Å². The molecular formula is C15H34N7O4P. The van der Waals surface area contributed by atoms with Crippen LogP contribution in [-0.2, 0) is 14.2 Å². The van der Waals surface area contributed by atoms with E-state index in [-0.39, 0.29) is 30.1 Å². The van der Waals surface area contributed by atoms with Crippen molar-refractivity contribution in [2.24, 2.45) is 0 Å². The third-order valence-electron chi connectivity index (χ3n) is 3.44. The van der Waals surface area contributed by atoms with Crippen molar-refractivity contribution in [3.63, 3.8) is 0 Å². The zero-order chi connectivity index (χ0) is 21.0. The molecule has 5 N–H and O–H groups in total. The summed E-state index contributed by atoms with van der Waals surface area (Å²) in [4.78, 5) is 25.6. The molecule has 0 saturated carbocycles. The fraction of sp³-hybridized carbons (Fsp3) is 0.867. The van der Waals surface area contributed by atoms with Gasteiger partial charge in [-0.15, -0.1) is 5.53 Å². The number of carbonyl (C=O) groups excluding carboxylic acids is 1. The number of nitriles is 1. The summed E-state index contributed by atoms with van der Waals surface area (Å²) in [6, 6.07) is 2.28. The highest BCUT2D eigenvalue weighted by atomic mass is 31.2. The molecule has 0 aromatic heterocycles. The summed E-state index contributed by atoms with van der Waals surface area (Å²) < 4.78 is 7.10. The van der Waals surface area contributed by atoms with E-state index < -0.39 is 8.53 Å². The average molecular weight is 407 g/mol. The summed E-state index contributed by atoms with van der Waals surface area (Å²) in [7, 11) is -1.55. The molecule has 1 aliphatic rings. The molecular weight excluding hydrogens is 373 g/mol. The van der Waals surface area contributed by atoms with Crippen LogP contribution >= 0.6 is 8.53 Å². The van der Waals surface area contributed by atoms with Crippen molar-refractivity contribution in [3.8, 4) is 6.07 Å². The molecule has 0 aromatic rings. The van der Waals surface area contributed by atoms with Crippen LogP contribution in [0.25, 0.3) is 0 Å². The molecule has 0 bridgehead atoms. The van der Waals surface area contributed by atoms with Gasteiger partial charge in [0, 0.05) is 18.1 Å². The zero-order valence-corrected chi connectivity index (χ0v) is 18.1. The number of nitrogens with one attached hydrogen (secondary N) is 4. The van der Waals surface area contributed by atoms with Gasteiger partial charge in [-0.1, -0.05) is 5.59 Å². The smallest absolute Gasteiger partial charge is 0.344 e. The van der Waals surface area contributed by atoms with Gasteiger partial charge in [-0.25, -0.2) is 14.5 Å². The molecule has 0 aromatic carbocycles. The van der Waals surface area contributed by atoms with E-state index in [0.29, 0.717) is 13.0 Å². The second-order valence-corrected chi connectivity index (χ2v) is 7.85. The number of hydrogen-bond donors (Lipinski definition) is 5. The van der Waals surface area contributed by atoms with Gasteiger partial charge < -0.3 is 14.3 Å². The van der Waals surface area contributed by atoms with E-state index in [1.54, 1.807) is 11.9 Å². The first-order valence-corrected chi connectivity index (χ1v) is 10.1. The third-order valence-corrected chi connectivity index (χ3v) is 5.17. The van der Waals surface area contributed by atoms with Crippen LogP contribution < -0.4 is 22.2 Å². The highest BCUT2D eigenvalue weighted by Gasteiger charge is 2.26. The Morgan fingerprint density at radius 1 is 1.30 bits per heavy atom. The fourth-order valence-electron chi connectivity index (χ4n) is 2.30. The molecule has 12 heteroatoms. The Hall–Kier alpha value is -0.930. The minimum absolute atomic E-state index is 0.176. The van der Waals surface area contributed by atoms with Crippen LogP contribution in [-0.4, -0.2) is 51.3 Å². The van der Waals surface area contributed by atoms with Gasteiger partial charge in [0.25, 0.3) is 8.53 Å². The standard InChI is InChI=1S/C9H19N2O2P.C6H15N5O2/c1-8(2)11(9(3)4)14(12)13-7-5-6-10;1-4(2)11-5(3)6(12)13-10-8-7-9-11/h8-9,12H,5,7H2,1-4H3;4-5,7-10H,1-3H3. The first-order chi connectivity index (χ1) is 12.6. The molecule has 0 radical (unpaired) electrons. The first-order valence-electron chi connectivity index (χ1n) is 8.90. The highest BCUT2D eigenvalue weighted by Crippen LogP contribution is 2.40. The van der Waals surface area contributed by atoms with Gasteiger partial charge in [-0.2, -0.15) is 16.3 Å². The number of carbonyl (C=O) groups is 1. The minimum Gasteiger partial charge on any atom is -0.353 e. The van der Waals surface area contributed by atoms with E-state index in [0.717, 1.165) is 0 Å². The van der Waals surface area contributed by atoms with E-state index >= 15 is 0 Å². The molecule has 1 aliphatic heterocycles. The molecule has 1 fully saturated rings. The Labute approximate surface area is 163 Å². The molecule has 1 rings (SSSR count). The maximum Gasteiger partial charge on any atom is 0.344 e. The Kier molecular flexibility index (Phi) is 13.6. The predicted octanol–water partition coefficient (Wildman–Crippen LogP) is 0.830. The van der Waals surface area contributed by atoms with E-state index in [2.05, 4.69) is 27.0 Å². The van der Waals surface area contributed by atoms with Crippen LogP contribution in [0.5, 0.6) is 0 Å². The van der Waals surface area contributed by atoms with Gasteiger partial charge in [0.15, 0.2) is 0 Å². The van der Waals surface area contributed by atoms with Crippen molar-refractivity contribution in [1.82, 2.24) is 31.9 Å². The van der Waals surface area contributed by atoms with Crippen LogP contribution in [0, 0.1) is 11.3 Å². The Balaban J connectivity index is 0.000000501. The zero-order valence-electron chi connectivity index (χ0n) is 17.2. The SMILES string of the molecule is CC(C)N(C(C)C)P(O)OCCC#N.CC(C)N1NNNNOC(=O)C1C. The van der Waals surface area contributed by atoms with E-state index in [4.69, 9.17) is 9.79 Å². The second-order valence-electron chi connectivity index (χ2n) is 6.62. The van der Waals surface area contributed by atoms with Crippen molar-refractivity contribution in [2.75, 3.05) is 6.61 Å². The number of hydrogen-bond acceptors (Lipinski definition) is 11. The fourth-order valence-corrected chi connectivity index (χ4v) is 3.47. The molecule has 158 valence electrons. The summed E-state index contributed by atoms with van der Waals surface area (Å²) in [6.45, 7) is 14.0. The maximum absolute atomic E-state index is 11.2. The van der Waals surface area contributed by atoms with Gasteiger partial charge in [0.05, 0.1) is 19.1 Å². The van der Waals surface area contributed by atoms with Gasteiger partial charge >= 0.3 is 5.97 Å². The lowest BCUT2D eigenvalue weighted by atomic mass is 10.2. The topological polar surface area (TPSA) is 134 Å².